The molecule has 2 nitrogen and oxygen atoms in total. The van der Waals surface area contributed by atoms with Gasteiger partial charge in [0.25, 0.3) is 0 Å². The molecule has 0 unspecified atom stereocenters. The molecule has 0 N–H and O–H groups in total. The van der Waals surface area contributed by atoms with Crippen LogP contribution in [0.3, 0.4) is 0 Å². The first-order valence-electron chi connectivity index (χ1n) is 1.26. The van der Waals surface area contributed by atoms with E-state index in [1.165, 1.54) is 0 Å². The van der Waals surface area contributed by atoms with Gasteiger partial charge in [-0.1, -0.05) is 0 Å². The molecule has 0 atom stereocenters. The van der Waals surface area contributed by atoms with Crippen molar-refractivity contribution < 1.29 is 4.79 Å². The molecule has 0 amide bonds. The minimum Gasteiger partial charge on any atom is -0.211 e. The van der Waals surface area contributed by atoms with Gasteiger partial charge in [0.05, 0.1) is 7.05 Å². The minimum atomic E-state index is -0.266. The molecule has 34 valence electrons. The average Bonchev–Trinajstić information content (AvgIpc) is 1.35. The van der Waals surface area contributed by atoms with E-state index in [-0.39, 0.29) is 4.45 Å². The zero-order chi connectivity index (χ0) is 4.99. The number of thiol groups is 1. The van der Waals surface area contributed by atoms with Gasteiger partial charge in [0.2, 0.25) is 0 Å². The lowest BCUT2D eigenvalue weighted by atomic mass is 11.6. The van der Waals surface area contributed by atoms with Crippen LogP contribution in [-0.2, 0) is 11.6 Å². The number of carbonyl (C=O) groups is 1. The maximum absolute atomic E-state index is 9.78. The standard InChI is InChI=1S/C2H3NOS2/c1-3-6-2(4)5/h1H3/p+1. The lowest BCUT2D eigenvalue weighted by molar-refractivity contribution is 0.277. The lowest BCUT2D eigenvalue weighted by Gasteiger charge is -1.45. The Hall–Kier alpha value is 0.0400. The summed E-state index contributed by atoms with van der Waals surface area (Å²) in [5.74, 6) is 0. The van der Waals surface area contributed by atoms with Crippen LogP contribution in [0, 0.1) is 0 Å². The highest BCUT2D eigenvalue weighted by Crippen LogP contribution is 1.77. The quantitative estimate of drug-likeness (QED) is 0.376. The third-order valence-corrected chi connectivity index (χ3v) is 0.753. The molecule has 0 heterocycles. The second-order valence-electron chi connectivity index (χ2n) is 0.540. The molecular weight excluding hydrogens is 118 g/mol. The van der Waals surface area contributed by atoms with Gasteiger partial charge in [0.1, 0.15) is 0 Å². The van der Waals surface area contributed by atoms with Crippen molar-refractivity contribution >= 4 is 28.6 Å². The third kappa shape index (κ3) is 4.04. The van der Waals surface area contributed by atoms with Crippen LogP contribution in [0.5, 0.6) is 0 Å². The molecule has 0 aliphatic heterocycles. The van der Waals surface area contributed by atoms with Gasteiger partial charge in [-0.15, -0.1) is 0 Å². The van der Waals surface area contributed by atoms with E-state index in [1.807, 2.05) is 0 Å². The second kappa shape index (κ2) is 3.24. The molecule has 0 bridgehead atoms. The Balaban J connectivity index is 3.30. The van der Waals surface area contributed by atoms with Crippen molar-refractivity contribution in [1.29, 1.82) is 0 Å². The molecule has 0 spiro atoms. The van der Waals surface area contributed by atoms with Gasteiger partial charge in [-0.2, -0.15) is 0 Å². The van der Waals surface area contributed by atoms with E-state index in [2.05, 4.69) is 17.0 Å². The number of hydrogen-bond acceptors (Lipinski definition) is 2. The predicted molar refractivity (Wildman–Crippen MR) is 30.1 cm³/mol. The minimum absolute atomic E-state index is 0.266. The summed E-state index contributed by atoms with van der Waals surface area (Å²) >= 11 is 4.24. The number of carbonyl (C=O) groups excluding carboxylic acids is 1. The fourth-order valence-electron chi connectivity index (χ4n) is 0.0781. The van der Waals surface area contributed by atoms with Gasteiger partial charge in [0, 0.05) is 0 Å². The Labute approximate surface area is 45.5 Å². The molecule has 0 aromatic carbocycles. The lowest BCUT2D eigenvalue weighted by Crippen LogP contribution is -1.70. The first kappa shape index (κ1) is 6.04. The van der Waals surface area contributed by atoms with Crippen LogP contribution in [0.25, 0.3) is 0 Å². The summed E-state index contributed by atoms with van der Waals surface area (Å²) in [7, 11) is 1.54. The largest absolute Gasteiger partial charge is 0.490 e. The number of hydrogen-bond donors (Lipinski definition) is 1. The van der Waals surface area contributed by atoms with E-state index in [0.29, 0.717) is 0 Å². The summed E-state index contributed by atoms with van der Waals surface area (Å²) in [6, 6.07) is 0. The molecule has 6 heavy (non-hydrogen) atoms. The van der Waals surface area contributed by atoms with E-state index in [0.717, 1.165) is 11.6 Å². The van der Waals surface area contributed by atoms with Crippen LogP contribution in [0.2, 0.25) is 0 Å². The third-order valence-electron chi connectivity index (χ3n) is 0.169. The first-order valence-corrected chi connectivity index (χ1v) is 2.48. The van der Waals surface area contributed by atoms with E-state index in [4.69, 9.17) is 0 Å². The highest BCUT2D eigenvalue weighted by molar-refractivity contribution is 8.18. The van der Waals surface area contributed by atoms with Gasteiger partial charge in [0.15, 0.2) is 0 Å². The summed E-state index contributed by atoms with van der Waals surface area (Å²) in [5, 5.41) is 0. The van der Waals surface area contributed by atoms with E-state index >= 15 is 0 Å². The molecule has 0 radical (unpaired) electrons. The van der Waals surface area contributed by atoms with Crippen molar-refractivity contribution in [3.63, 3.8) is 0 Å². The Morgan fingerprint density at radius 3 is 2.50 bits per heavy atom. The second-order valence-corrected chi connectivity index (χ2v) is 2.17. The van der Waals surface area contributed by atoms with Gasteiger partial charge in [-0.3, -0.25) is 0 Å². The number of rotatable bonds is 0. The smallest absolute Gasteiger partial charge is 0.211 e. The summed E-state index contributed by atoms with van der Waals surface area (Å²) in [4.78, 5) is 9.78. The van der Waals surface area contributed by atoms with Gasteiger partial charge < -0.3 is 0 Å². The Morgan fingerprint density at radius 1 is 2.00 bits per heavy atom. The predicted octanol–water partition coefficient (Wildman–Crippen LogP) is 0.932. The molecule has 0 aromatic rings. The maximum Gasteiger partial charge on any atom is 0.490 e. The van der Waals surface area contributed by atoms with Crippen molar-refractivity contribution in [2.45, 2.75) is 0 Å². The van der Waals surface area contributed by atoms with Crippen LogP contribution in [0.1, 0.15) is 0 Å². The van der Waals surface area contributed by atoms with Crippen LogP contribution < -0.4 is 0 Å². The van der Waals surface area contributed by atoms with E-state index in [1.54, 1.807) is 7.05 Å². The zero-order valence-electron chi connectivity index (χ0n) is 3.21. The van der Waals surface area contributed by atoms with E-state index in [9.17, 15) is 4.79 Å². The molecule has 0 aliphatic carbocycles. The van der Waals surface area contributed by atoms with Crippen molar-refractivity contribution in [1.82, 2.24) is 0 Å². The molecular formula is C2H4NOS2+. The fraction of sp³-hybridized carbons (Fsp3) is 0.500. The van der Waals surface area contributed by atoms with Gasteiger partial charge in [-0.25, -0.2) is 4.79 Å². The van der Waals surface area contributed by atoms with E-state index < -0.39 is 0 Å². The van der Waals surface area contributed by atoms with Crippen molar-refractivity contribution in [3.05, 3.63) is 0 Å². The molecule has 0 fully saturated rings. The van der Waals surface area contributed by atoms with Crippen molar-refractivity contribution in [2.24, 2.45) is 4.36 Å². The summed E-state index contributed by atoms with van der Waals surface area (Å²) in [5.41, 5.74) is 0. The summed E-state index contributed by atoms with van der Waals surface area (Å²) in [6.45, 7) is 0. The van der Waals surface area contributed by atoms with Crippen molar-refractivity contribution in [2.75, 3.05) is 7.05 Å². The molecule has 4 heteroatoms. The Bertz CT molecular complexity index is 79.6. The molecule has 0 aromatic heterocycles. The normalized spacial score (nSPS) is 9.67. The number of nitrogens with zero attached hydrogens (tertiary/aromatic N) is 1. The fourth-order valence-corrected chi connectivity index (χ4v) is 0.479. The van der Waals surface area contributed by atoms with Crippen LogP contribution in [-0.4, -0.2) is 11.5 Å². The Kier molecular flexibility index (Phi) is 3.26. The monoisotopic (exact) mass is 122 g/mol. The van der Waals surface area contributed by atoms with Gasteiger partial charge >= 0.3 is 16.0 Å². The summed E-state index contributed by atoms with van der Waals surface area (Å²) in [6.07, 6.45) is 0. The molecule has 0 saturated heterocycles. The topological polar surface area (TPSA) is 29.4 Å². The average molecular weight is 122 g/mol. The maximum atomic E-state index is 9.78. The molecule has 0 saturated carbocycles. The SMILES string of the molecule is CN=[S+]C(=O)S. The van der Waals surface area contributed by atoms with Crippen LogP contribution in [0.4, 0.5) is 4.79 Å². The highest BCUT2D eigenvalue weighted by Gasteiger charge is 2.00. The van der Waals surface area contributed by atoms with Crippen LogP contribution >= 0.6 is 12.6 Å². The van der Waals surface area contributed by atoms with Gasteiger partial charge in [-0.05, 0) is 17.0 Å². The van der Waals surface area contributed by atoms with Crippen LogP contribution in [0.15, 0.2) is 4.36 Å². The zero-order valence-corrected chi connectivity index (χ0v) is 4.92. The molecule has 0 aliphatic rings. The Morgan fingerprint density at radius 2 is 2.50 bits per heavy atom. The van der Waals surface area contributed by atoms with Crippen molar-refractivity contribution in [3.8, 4) is 0 Å². The highest BCUT2D eigenvalue weighted by atomic mass is 32.2. The molecule has 0 rings (SSSR count). The first-order chi connectivity index (χ1) is 2.77. The summed E-state index contributed by atoms with van der Waals surface area (Å²) < 4.78 is 3.16.